The van der Waals surface area contributed by atoms with Crippen molar-refractivity contribution >= 4 is 5.91 Å². The molecule has 0 aliphatic heterocycles. The van der Waals surface area contributed by atoms with E-state index in [1.165, 1.54) is 0 Å². The van der Waals surface area contributed by atoms with Gasteiger partial charge in [0.2, 0.25) is 0 Å². The molecule has 0 radical (unpaired) electrons. The zero-order chi connectivity index (χ0) is 9.84. The number of aromatic nitrogens is 1. The van der Waals surface area contributed by atoms with Gasteiger partial charge in [-0.05, 0) is 19.1 Å². The highest BCUT2D eigenvalue weighted by molar-refractivity contribution is 5.93. The number of nitrogens with two attached hydrogens (primary N) is 1. The van der Waals surface area contributed by atoms with Gasteiger partial charge in [0.15, 0.2) is 0 Å². The van der Waals surface area contributed by atoms with E-state index >= 15 is 0 Å². The SMILES string of the molecule is C[C@@H](O)Cc1ncccc1C(N)=O. The predicted octanol–water partition coefficient (Wildman–Crippen LogP) is 0.104. The lowest BCUT2D eigenvalue weighted by Gasteiger charge is -2.06. The first-order chi connectivity index (χ1) is 6.11. The molecule has 3 N–H and O–H groups in total. The van der Waals surface area contributed by atoms with Crippen molar-refractivity contribution in [1.82, 2.24) is 4.98 Å². The second kappa shape index (κ2) is 4.00. The minimum Gasteiger partial charge on any atom is -0.393 e. The van der Waals surface area contributed by atoms with Crippen molar-refractivity contribution in [2.24, 2.45) is 5.73 Å². The number of carbonyl (C=O) groups excluding carboxylic acids is 1. The molecular weight excluding hydrogens is 168 g/mol. The first-order valence-corrected chi connectivity index (χ1v) is 4.03. The number of rotatable bonds is 3. The molecule has 0 unspecified atom stereocenters. The molecule has 1 aromatic heterocycles. The molecule has 0 saturated heterocycles. The second-order valence-corrected chi connectivity index (χ2v) is 2.92. The number of hydrogen-bond acceptors (Lipinski definition) is 3. The molecule has 4 heteroatoms. The van der Waals surface area contributed by atoms with E-state index in [-0.39, 0.29) is 0 Å². The lowest BCUT2D eigenvalue weighted by molar-refractivity contribution is 0.0998. The van der Waals surface area contributed by atoms with Crippen molar-refractivity contribution in [3.63, 3.8) is 0 Å². The first kappa shape index (κ1) is 9.67. The number of aliphatic hydroxyl groups is 1. The Morgan fingerprint density at radius 1 is 1.77 bits per heavy atom. The monoisotopic (exact) mass is 180 g/mol. The van der Waals surface area contributed by atoms with Crippen LogP contribution in [0.1, 0.15) is 23.0 Å². The van der Waals surface area contributed by atoms with Crippen molar-refractivity contribution < 1.29 is 9.90 Å². The van der Waals surface area contributed by atoms with Crippen molar-refractivity contribution in [3.8, 4) is 0 Å². The average Bonchev–Trinajstić information content (AvgIpc) is 2.03. The molecule has 0 aromatic carbocycles. The fourth-order valence-corrected chi connectivity index (χ4v) is 1.10. The van der Waals surface area contributed by atoms with Crippen molar-refractivity contribution in [1.29, 1.82) is 0 Å². The molecule has 0 fully saturated rings. The minimum absolute atomic E-state index is 0.346. The molecule has 0 spiro atoms. The summed E-state index contributed by atoms with van der Waals surface area (Å²) in [6, 6.07) is 3.25. The molecule has 0 bridgehead atoms. The fraction of sp³-hybridized carbons (Fsp3) is 0.333. The van der Waals surface area contributed by atoms with Gasteiger partial charge in [-0.15, -0.1) is 0 Å². The normalized spacial score (nSPS) is 12.5. The molecule has 0 aliphatic rings. The molecule has 1 rings (SSSR count). The molecule has 70 valence electrons. The van der Waals surface area contributed by atoms with Crippen LogP contribution in [0, 0.1) is 0 Å². The van der Waals surface area contributed by atoms with E-state index in [1.807, 2.05) is 0 Å². The van der Waals surface area contributed by atoms with Gasteiger partial charge in [-0.2, -0.15) is 0 Å². The summed E-state index contributed by atoms with van der Waals surface area (Å²) in [6.45, 7) is 1.64. The van der Waals surface area contributed by atoms with Crippen LogP contribution in [-0.2, 0) is 6.42 Å². The van der Waals surface area contributed by atoms with Crippen LogP contribution in [0.4, 0.5) is 0 Å². The third kappa shape index (κ3) is 2.52. The Labute approximate surface area is 76.4 Å². The first-order valence-electron chi connectivity index (χ1n) is 4.03. The molecule has 1 atom stereocenters. The van der Waals surface area contributed by atoms with E-state index in [2.05, 4.69) is 4.98 Å². The third-order valence-corrected chi connectivity index (χ3v) is 1.64. The smallest absolute Gasteiger partial charge is 0.250 e. The Morgan fingerprint density at radius 3 is 3.00 bits per heavy atom. The van der Waals surface area contributed by atoms with E-state index in [4.69, 9.17) is 10.8 Å². The highest BCUT2D eigenvalue weighted by Crippen LogP contribution is 2.06. The van der Waals surface area contributed by atoms with Gasteiger partial charge in [0.1, 0.15) is 0 Å². The Hall–Kier alpha value is -1.42. The third-order valence-electron chi connectivity index (χ3n) is 1.64. The maximum Gasteiger partial charge on any atom is 0.250 e. The van der Waals surface area contributed by atoms with Crippen molar-refractivity contribution in [3.05, 3.63) is 29.6 Å². The van der Waals surface area contributed by atoms with Gasteiger partial charge in [-0.25, -0.2) is 0 Å². The number of amides is 1. The van der Waals surface area contributed by atoms with Gasteiger partial charge in [0.05, 0.1) is 17.4 Å². The van der Waals surface area contributed by atoms with Crippen LogP contribution < -0.4 is 5.73 Å². The quantitative estimate of drug-likeness (QED) is 0.692. The Kier molecular flexibility index (Phi) is 2.97. The molecular formula is C9H12N2O2. The molecule has 4 nitrogen and oxygen atoms in total. The summed E-state index contributed by atoms with van der Waals surface area (Å²) >= 11 is 0. The molecule has 13 heavy (non-hydrogen) atoms. The maximum atomic E-state index is 10.9. The van der Waals surface area contributed by atoms with Crippen LogP contribution in [0.25, 0.3) is 0 Å². The van der Waals surface area contributed by atoms with Gasteiger partial charge in [0, 0.05) is 12.6 Å². The van der Waals surface area contributed by atoms with Gasteiger partial charge in [-0.3, -0.25) is 9.78 Å². The number of hydrogen-bond donors (Lipinski definition) is 2. The van der Waals surface area contributed by atoms with Crippen LogP contribution >= 0.6 is 0 Å². The number of nitrogens with zero attached hydrogens (tertiary/aromatic N) is 1. The largest absolute Gasteiger partial charge is 0.393 e. The van der Waals surface area contributed by atoms with Crippen molar-refractivity contribution in [2.45, 2.75) is 19.4 Å². The Morgan fingerprint density at radius 2 is 2.46 bits per heavy atom. The second-order valence-electron chi connectivity index (χ2n) is 2.92. The summed E-state index contributed by atoms with van der Waals surface area (Å²) in [5, 5.41) is 9.12. The van der Waals surface area contributed by atoms with E-state index in [9.17, 15) is 4.79 Å². The summed E-state index contributed by atoms with van der Waals surface area (Å²) in [5.41, 5.74) is 6.05. The number of primary amides is 1. The molecule has 1 amide bonds. The maximum absolute atomic E-state index is 10.9. The van der Waals surface area contributed by atoms with E-state index in [1.54, 1.807) is 25.3 Å². The summed E-state index contributed by atoms with van der Waals surface area (Å²) in [6.07, 6.45) is 1.40. The minimum atomic E-state index is -0.520. The van der Waals surface area contributed by atoms with E-state index < -0.39 is 12.0 Å². The lowest BCUT2D eigenvalue weighted by Crippen LogP contribution is -2.17. The summed E-state index contributed by atoms with van der Waals surface area (Å²) in [4.78, 5) is 14.9. The Bertz CT molecular complexity index is 310. The van der Waals surface area contributed by atoms with Crippen LogP contribution in [0.5, 0.6) is 0 Å². The molecule has 0 aliphatic carbocycles. The molecule has 0 saturated carbocycles. The lowest BCUT2D eigenvalue weighted by atomic mass is 10.1. The van der Waals surface area contributed by atoms with Crippen LogP contribution in [0.2, 0.25) is 0 Å². The summed E-state index contributed by atoms with van der Waals surface area (Å²) < 4.78 is 0. The van der Waals surface area contributed by atoms with Crippen LogP contribution in [-0.4, -0.2) is 22.1 Å². The topological polar surface area (TPSA) is 76.2 Å². The van der Waals surface area contributed by atoms with E-state index in [0.717, 1.165) is 0 Å². The fourth-order valence-electron chi connectivity index (χ4n) is 1.10. The van der Waals surface area contributed by atoms with Gasteiger partial charge in [0.25, 0.3) is 5.91 Å². The zero-order valence-electron chi connectivity index (χ0n) is 7.40. The van der Waals surface area contributed by atoms with Gasteiger partial charge < -0.3 is 10.8 Å². The molecule has 1 aromatic rings. The van der Waals surface area contributed by atoms with Crippen molar-refractivity contribution in [2.75, 3.05) is 0 Å². The highest BCUT2D eigenvalue weighted by atomic mass is 16.3. The van der Waals surface area contributed by atoms with Crippen LogP contribution in [0.3, 0.4) is 0 Å². The standard InChI is InChI=1S/C9H12N2O2/c1-6(12)5-8-7(9(10)13)3-2-4-11-8/h2-4,6,12H,5H2,1H3,(H2,10,13)/t6-/m1/s1. The molecule has 1 heterocycles. The van der Waals surface area contributed by atoms with Gasteiger partial charge in [-0.1, -0.05) is 0 Å². The number of pyridine rings is 1. The summed E-state index contributed by atoms with van der Waals surface area (Å²) in [5.74, 6) is -0.510. The zero-order valence-corrected chi connectivity index (χ0v) is 7.40. The van der Waals surface area contributed by atoms with E-state index in [0.29, 0.717) is 17.7 Å². The summed E-state index contributed by atoms with van der Waals surface area (Å²) in [7, 11) is 0. The Balaban J connectivity index is 2.98. The highest BCUT2D eigenvalue weighted by Gasteiger charge is 2.10. The predicted molar refractivity (Wildman–Crippen MR) is 48.1 cm³/mol. The number of aliphatic hydroxyl groups excluding tert-OH is 1. The van der Waals surface area contributed by atoms with Crippen LogP contribution in [0.15, 0.2) is 18.3 Å². The number of carbonyl (C=O) groups is 1. The average molecular weight is 180 g/mol. The van der Waals surface area contributed by atoms with Gasteiger partial charge >= 0.3 is 0 Å².